The molecule has 0 atom stereocenters. The Bertz CT molecular complexity index is 726. The van der Waals surface area contributed by atoms with E-state index in [2.05, 4.69) is 10.1 Å². The third kappa shape index (κ3) is 3.73. The number of carbonyl (C=O) groups is 2. The highest BCUT2D eigenvalue weighted by Crippen LogP contribution is 2.25. The molecule has 1 aliphatic heterocycles. The van der Waals surface area contributed by atoms with Crippen LogP contribution in [-0.2, 0) is 16.0 Å². The summed E-state index contributed by atoms with van der Waals surface area (Å²) >= 11 is 6.11. The number of benzene rings is 1. The molecule has 2 amide bonds. The van der Waals surface area contributed by atoms with Gasteiger partial charge in [-0.05, 0) is 12.1 Å². The molecule has 0 saturated carbocycles. The van der Waals surface area contributed by atoms with Crippen LogP contribution in [0.1, 0.15) is 12.3 Å². The van der Waals surface area contributed by atoms with Crippen molar-refractivity contribution in [1.82, 2.24) is 19.9 Å². The first-order chi connectivity index (χ1) is 11.7. The van der Waals surface area contributed by atoms with Gasteiger partial charge in [0, 0.05) is 44.6 Å². The monoisotopic (exact) mass is 348 g/mol. The van der Waals surface area contributed by atoms with Gasteiger partial charge in [0.2, 0.25) is 24.0 Å². The highest BCUT2D eigenvalue weighted by atomic mass is 35.5. The number of amides is 2. The van der Waals surface area contributed by atoms with E-state index < -0.39 is 0 Å². The Kier molecular flexibility index (Phi) is 5.10. The Morgan fingerprint density at radius 3 is 2.71 bits per heavy atom. The molecule has 126 valence electrons. The first kappa shape index (κ1) is 16.4. The van der Waals surface area contributed by atoms with Crippen LogP contribution in [-0.4, -0.2) is 58.4 Å². The van der Waals surface area contributed by atoms with Gasteiger partial charge in [0.15, 0.2) is 0 Å². The predicted octanol–water partition coefficient (Wildman–Crippen LogP) is 1.62. The normalized spacial score (nSPS) is 14.7. The van der Waals surface area contributed by atoms with E-state index in [-0.39, 0.29) is 5.91 Å². The Hall–Kier alpha value is -2.41. The van der Waals surface area contributed by atoms with E-state index in [1.165, 1.54) is 0 Å². The average Bonchev–Trinajstić information content (AvgIpc) is 3.09. The zero-order chi connectivity index (χ0) is 16.9. The van der Waals surface area contributed by atoms with Gasteiger partial charge in [0.05, 0.1) is 5.02 Å². The second-order valence-corrected chi connectivity index (χ2v) is 5.92. The molecule has 0 aliphatic carbocycles. The highest BCUT2D eigenvalue weighted by molar-refractivity contribution is 6.33. The molecule has 1 aromatic carbocycles. The number of rotatable bonds is 5. The molecule has 1 saturated heterocycles. The van der Waals surface area contributed by atoms with Crippen LogP contribution in [0.4, 0.5) is 0 Å². The van der Waals surface area contributed by atoms with Crippen molar-refractivity contribution in [2.75, 3.05) is 26.2 Å². The van der Waals surface area contributed by atoms with Crippen LogP contribution < -0.4 is 0 Å². The lowest BCUT2D eigenvalue weighted by molar-refractivity contribution is -0.135. The van der Waals surface area contributed by atoms with Crippen molar-refractivity contribution in [2.24, 2.45) is 0 Å². The summed E-state index contributed by atoms with van der Waals surface area (Å²) in [6, 6.07) is 7.25. The molecule has 24 heavy (non-hydrogen) atoms. The third-order valence-electron chi connectivity index (χ3n) is 3.95. The first-order valence-electron chi connectivity index (χ1n) is 7.72. The van der Waals surface area contributed by atoms with E-state index in [1.54, 1.807) is 15.9 Å². The summed E-state index contributed by atoms with van der Waals surface area (Å²) in [5.74, 6) is 0.852. The molecule has 2 heterocycles. The van der Waals surface area contributed by atoms with Crippen molar-refractivity contribution >= 4 is 23.9 Å². The van der Waals surface area contributed by atoms with Gasteiger partial charge in [0.25, 0.3) is 0 Å². The Labute approximate surface area is 144 Å². The van der Waals surface area contributed by atoms with Gasteiger partial charge in [0.1, 0.15) is 0 Å². The van der Waals surface area contributed by atoms with Crippen molar-refractivity contribution in [3.8, 4) is 11.4 Å². The number of carbonyl (C=O) groups excluding carboxylic acids is 2. The number of aromatic nitrogens is 2. The molecule has 0 unspecified atom stereocenters. The highest BCUT2D eigenvalue weighted by Gasteiger charge is 2.21. The van der Waals surface area contributed by atoms with Gasteiger partial charge in [-0.3, -0.25) is 9.59 Å². The molecule has 1 fully saturated rings. The van der Waals surface area contributed by atoms with Crippen LogP contribution in [0.25, 0.3) is 11.4 Å². The van der Waals surface area contributed by atoms with E-state index >= 15 is 0 Å². The second-order valence-electron chi connectivity index (χ2n) is 5.51. The maximum Gasteiger partial charge on any atom is 0.227 e. The largest absolute Gasteiger partial charge is 0.342 e. The zero-order valence-electron chi connectivity index (χ0n) is 13.0. The Balaban J connectivity index is 1.55. The molecular weight excluding hydrogens is 332 g/mol. The fourth-order valence-corrected chi connectivity index (χ4v) is 2.78. The van der Waals surface area contributed by atoms with Crippen LogP contribution in [0.15, 0.2) is 28.8 Å². The van der Waals surface area contributed by atoms with Gasteiger partial charge < -0.3 is 14.3 Å². The summed E-state index contributed by atoms with van der Waals surface area (Å²) in [4.78, 5) is 30.6. The average molecular weight is 349 g/mol. The van der Waals surface area contributed by atoms with E-state index in [0.717, 1.165) is 6.41 Å². The van der Waals surface area contributed by atoms with Crippen LogP contribution in [0.2, 0.25) is 5.02 Å². The number of halogens is 1. The van der Waals surface area contributed by atoms with Gasteiger partial charge >= 0.3 is 0 Å². The van der Waals surface area contributed by atoms with Crippen molar-refractivity contribution in [2.45, 2.75) is 12.8 Å². The van der Waals surface area contributed by atoms with E-state index in [4.69, 9.17) is 16.1 Å². The summed E-state index contributed by atoms with van der Waals surface area (Å²) in [7, 11) is 0. The summed E-state index contributed by atoms with van der Waals surface area (Å²) in [5, 5.41) is 4.47. The first-order valence-corrected chi connectivity index (χ1v) is 8.10. The van der Waals surface area contributed by atoms with Crippen LogP contribution in [0, 0.1) is 0 Å². The van der Waals surface area contributed by atoms with Crippen molar-refractivity contribution in [1.29, 1.82) is 0 Å². The Morgan fingerprint density at radius 1 is 1.25 bits per heavy atom. The molecule has 0 N–H and O–H groups in total. The molecule has 3 rings (SSSR count). The fraction of sp³-hybridized carbons (Fsp3) is 0.375. The van der Waals surface area contributed by atoms with Crippen LogP contribution in [0.5, 0.6) is 0 Å². The minimum atomic E-state index is 0.0260. The maximum absolute atomic E-state index is 12.2. The SMILES string of the molecule is O=CN1CCN(C(=O)CCc2nc(-c3ccccc3Cl)no2)CC1. The molecular formula is C16H17ClN4O3. The summed E-state index contributed by atoms with van der Waals surface area (Å²) in [6.45, 7) is 2.28. The van der Waals surface area contributed by atoms with Crippen molar-refractivity contribution < 1.29 is 14.1 Å². The molecule has 8 heteroatoms. The lowest BCUT2D eigenvalue weighted by Gasteiger charge is -2.32. The van der Waals surface area contributed by atoms with Crippen LogP contribution in [0.3, 0.4) is 0 Å². The molecule has 0 bridgehead atoms. The number of hydrogen-bond donors (Lipinski definition) is 0. The Morgan fingerprint density at radius 2 is 2.00 bits per heavy atom. The number of hydrogen-bond acceptors (Lipinski definition) is 5. The zero-order valence-corrected chi connectivity index (χ0v) is 13.8. The lowest BCUT2D eigenvalue weighted by atomic mass is 10.2. The molecule has 0 radical (unpaired) electrons. The van der Waals surface area contributed by atoms with Gasteiger partial charge in [-0.1, -0.05) is 28.9 Å². The topological polar surface area (TPSA) is 79.5 Å². The maximum atomic E-state index is 12.2. The van der Waals surface area contributed by atoms with Gasteiger partial charge in [-0.15, -0.1) is 0 Å². The lowest BCUT2D eigenvalue weighted by Crippen LogP contribution is -2.48. The number of aryl methyl sites for hydroxylation is 1. The summed E-state index contributed by atoms with van der Waals surface area (Å²) in [5.41, 5.74) is 0.700. The van der Waals surface area contributed by atoms with Crippen molar-refractivity contribution in [3.63, 3.8) is 0 Å². The number of nitrogens with zero attached hydrogens (tertiary/aromatic N) is 4. The second kappa shape index (κ2) is 7.44. The molecule has 2 aromatic rings. The molecule has 7 nitrogen and oxygen atoms in total. The predicted molar refractivity (Wildman–Crippen MR) is 87.3 cm³/mol. The van der Waals surface area contributed by atoms with Crippen LogP contribution >= 0.6 is 11.6 Å². The minimum absolute atomic E-state index is 0.0260. The quantitative estimate of drug-likeness (QED) is 0.767. The fourth-order valence-electron chi connectivity index (χ4n) is 2.56. The minimum Gasteiger partial charge on any atom is -0.342 e. The molecule has 1 aliphatic rings. The standard InChI is InChI=1S/C16H17ClN4O3/c17-13-4-2-1-3-12(13)16-18-14(24-19-16)5-6-15(23)21-9-7-20(11-22)8-10-21/h1-4,11H,5-10H2. The van der Waals surface area contributed by atoms with Gasteiger partial charge in [-0.2, -0.15) is 4.98 Å². The number of piperazine rings is 1. The summed E-state index contributed by atoms with van der Waals surface area (Å²) < 4.78 is 5.20. The van der Waals surface area contributed by atoms with Gasteiger partial charge in [-0.25, -0.2) is 0 Å². The smallest absolute Gasteiger partial charge is 0.227 e. The van der Waals surface area contributed by atoms with Crippen molar-refractivity contribution in [3.05, 3.63) is 35.2 Å². The van der Waals surface area contributed by atoms with E-state index in [1.807, 2.05) is 18.2 Å². The van der Waals surface area contributed by atoms with E-state index in [0.29, 0.717) is 61.3 Å². The third-order valence-corrected chi connectivity index (χ3v) is 4.28. The summed E-state index contributed by atoms with van der Waals surface area (Å²) in [6.07, 6.45) is 1.49. The molecule has 0 spiro atoms. The molecule has 1 aromatic heterocycles. The van der Waals surface area contributed by atoms with E-state index in [9.17, 15) is 9.59 Å².